The molecule has 1 aliphatic rings. The lowest BCUT2D eigenvalue weighted by atomic mass is 10.4. The van der Waals surface area contributed by atoms with Crippen LogP contribution < -0.4 is 5.32 Å². The molecule has 0 radical (unpaired) electrons. The highest BCUT2D eigenvalue weighted by molar-refractivity contribution is 7.07. The van der Waals surface area contributed by atoms with E-state index in [4.69, 9.17) is 0 Å². The normalized spacial score (nSPS) is 15.3. The van der Waals surface area contributed by atoms with E-state index in [0.717, 1.165) is 30.4 Å². The Hall–Kier alpha value is -1.27. The average molecular weight is 249 g/mol. The molecule has 6 heteroatoms. The number of rotatable bonds is 6. The van der Waals surface area contributed by atoms with Crippen molar-refractivity contribution in [1.29, 1.82) is 0 Å². The molecule has 1 N–H and O–H groups in total. The number of nitrogens with one attached hydrogen (secondary N) is 1. The molecule has 2 aromatic heterocycles. The van der Waals surface area contributed by atoms with Crippen molar-refractivity contribution in [3.05, 3.63) is 28.5 Å². The molecule has 0 spiro atoms. The second-order valence-corrected chi connectivity index (χ2v) is 5.18. The number of thiazole rings is 1. The average Bonchev–Trinajstić information content (AvgIpc) is 2.83. The van der Waals surface area contributed by atoms with Gasteiger partial charge in [-0.1, -0.05) is 5.21 Å². The first-order valence-electron chi connectivity index (χ1n) is 5.87. The maximum atomic E-state index is 4.23. The molecule has 0 aromatic carbocycles. The van der Waals surface area contributed by atoms with Crippen LogP contribution in [0.3, 0.4) is 0 Å². The van der Waals surface area contributed by atoms with E-state index in [0.29, 0.717) is 6.54 Å². The maximum Gasteiger partial charge on any atom is 0.0964 e. The fourth-order valence-electron chi connectivity index (χ4n) is 1.70. The summed E-state index contributed by atoms with van der Waals surface area (Å²) >= 11 is 1.60. The van der Waals surface area contributed by atoms with Crippen LogP contribution in [-0.4, -0.2) is 26.5 Å². The summed E-state index contributed by atoms with van der Waals surface area (Å²) in [7, 11) is 0. The monoisotopic (exact) mass is 249 g/mol. The molecule has 5 nitrogen and oxygen atoms in total. The maximum absolute atomic E-state index is 4.23. The number of hydrogen-bond donors (Lipinski definition) is 1. The highest BCUT2D eigenvalue weighted by atomic mass is 32.1. The van der Waals surface area contributed by atoms with E-state index in [-0.39, 0.29) is 0 Å². The van der Waals surface area contributed by atoms with Gasteiger partial charge in [-0.25, -0.2) is 9.67 Å². The third-order valence-corrected chi connectivity index (χ3v) is 3.46. The third-order valence-electron chi connectivity index (χ3n) is 2.83. The minimum atomic E-state index is 0.707. The zero-order chi connectivity index (χ0) is 11.5. The van der Waals surface area contributed by atoms with E-state index in [1.54, 1.807) is 11.3 Å². The Bertz CT molecular complexity index is 460. The van der Waals surface area contributed by atoms with Gasteiger partial charge in [0.2, 0.25) is 0 Å². The minimum absolute atomic E-state index is 0.707. The van der Waals surface area contributed by atoms with Gasteiger partial charge in [0.1, 0.15) is 0 Å². The second kappa shape index (κ2) is 4.93. The van der Waals surface area contributed by atoms with Crippen LogP contribution in [0.5, 0.6) is 0 Å². The second-order valence-electron chi connectivity index (χ2n) is 4.46. The molecular weight excluding hydrogens is 234 g/mol. The molecule has 3 rings (SSSR count). The van der Waals surface area contributed by atoms with E-state index in [9.17, 15) is 0 Å². The van der Waals surface area contributed by atoms with Crippen LogP contribution in [0, 0.1) is 5.92 Å². The summed E-state index contributed by atoms with van der Waals surface area (Å²) in [6.07, 6.45) is 4.74. The quantitative estimate of drug-likeness (QED) is 0.838. The summed E-state index contributed by atoms with van der Waals surface area (Å²) < 4.78 is 1.84. The van der Waals surface area contributed by atoms with Crippen LogP contribution in [-0.2, 0) is 13.1 Å². The molecule has 0 unspecified atom stereocenters. The van der Waals surface area contributed by atoms with E-state index in [1.807, 2.05) is 21.8 Å². The Labute approximate surface area is 104 Å². The van der Waals surface area contributed by atoms with Crippen molar-refractivity contribution in [3.8, 4) is 0 Å². The van der Waals surface area contributed by atoms with Crippen molar-refractivity contribution in [3.63, 3.8) is 0 Å². The first-order valence-corrected chi connectivity index (χ1v) is 6.81. The van der Waals surface area contributed by atoms with Crippen LogP contribution in [0.1, 0.15) is 24.2 Å². The van der Waals surface area contributed by atoms with Gasteiger partial charge in [0, 0.05) is 11.9 Å². The van der Waals surface area contributed by atoms with Crippen molar-refractivity contribution in [2.75, 3.05) is 6.54 Å². The number of hydrogen-bond acceptors (Lipinski definition) is 5. The number of aromatic nitrogens is 4. The molecule has 0 amide bonds. The summed E-state index contributed by atoms with van der Waals surface area (Å²) in [4.78, 5) is 4.23. The smallest absolute Gasteiger partial charge is 0.0964 e. The van der Waals surface area contributed by atoms with Crippen LogP contribution in [0.4, 0.5) is 0 Å². The molecule has 1 saturated carbocycles. The summed E-state index contributed by atoms with van der Waals surface area (Å²) in [6, 6.07) is 0. The van der Waals surface area contributed by atoms with Gasteiger partial charge in [-0.15, -0.1) is 16.4 Å². The van der Waals surface area contributed by atoms with E-state index in [2.05, 4.69) is 20.6 Å². The predicted octanol–water partition coefficient (Wildman–Crippen LogP) is 1.28. The Morgan fingerprint density at radius 1 is 1.41 bits per heavy atom. The van der Waals surface area contributed by atoms with Gasteiger partial charge in [0.25, 0.3) is 0 Å². The van der Waals surface area contributed by atoms with Gasteiger partial charge in [-0.3, -0.25) is 0 Å². The van der Waals surface area contributed by atoms with Gasteiger partial charge < -0.3 is 5.32 Å². The Kier molecular flexibility index (Phi) is 3.15. The summed E-state index contributed by atoms with van der Waals surface area (Å²) in [5.74, 6) is 0.903. The van der Waals surface area contributed by atoms with E-state index in [1.165, 1.54) is 12.8 Å². The highest BCUT2D eigenvalue weighted by Crippen LogP contribution is 2.27. The summed E-state index contributed by atoms with van der Waals surface area (Å²) in [5.41, 5.74) is 3.88. The first-order chi connectivity index (χ1) is 8.40. The van der Waals surface area contributed by atoms with Gasteiger partial charge in [-0.05, 0) is 25.3 Å². The molecule has 0 bridgehead atoms. The largest absolute Gasteiger partial charge is 0.311 e. The molecular formula is C11H15N5S. The predicted molar refractivity (Wildman–Crippen MR) is 65.7 cm³/mol. The molecule has 17 heavy (non-hydrogen) atoms. The molecule has 1 fully saturated rings. The minimum Gasteiger partial charge on any atom is -0.311 e. The Morgan fingerprint density at radius 2 is 2.35 bits per heavy atom. The van der Waals surface area contributed by atoms with Crippen LogP contribution >= 0.6 is 11.3 Å². The topological polar surface area (TPSA) is 55.6 Å². The van der Waals surface area contributed by atoms with Crippen molar-refractivity contribution in [2.24, 2.45) is 5.92 Å². The molecule has 90 valence electrons. The molecule has 1 aliphatic carbocycles. The lowest BCUT2D eigenvalue weighted by Crippen LogP contribution is -2.16. The van der Waals surface area contributed by atoms with Gasteiger partial charge in [-0.2, -0.15) is 0 Å². The molecule has 2 aromatic rings. The standard InChI is InChI=1S/C11H15N5S/c1-2-9(1)3-12-4-10-5-16(15-14-10)6-11-7-17-8-13-11/h5,7-9,12H,1-4,6H2. The molecule has 0 aliphatic heterocycles. The first kappa shape index (κ1) is 10.9. The highest BCUT2D eigenvalue weighted by Gasteiger charge is 2.20. The SMILES string of the molecule is c1nc(Cn2cc(CNCC3CC3)nn2)cs1. The van der Waals surface area contributed by atoms with Crippen molar-refractivity contribution in [2.45, 2.75) is 25.9 Å². The summed E-state index contributed by atoms with van der Waals surface area (Å²) in [6.45, 7) is 2.63. The zero-order valence-corrected chi connectivity index (χ0v) is 10.4. The zero-order valence-electron chi connectivity index (χ0n) is 9.54. The lowest BCUT2D eigenvalue weighted by molar-refractivity contribution is 0.626. The molecule has 2 heterocycles. The van der Waals surface area contributed by atoms with Gasteiger partial charge >= 0.3 is 0 Å². The molecule has 0 saturated heterocycles. The fraction of sp³-hybridized carbons (Fsp3) is 0.545. The van der Waals surface area contributed by atoms with Crippen LogP contribution in [0.25, 0.3) is 0 Å². The number of nitrogens with zero attached hydrogens (tertiary/aromatic N) is 4. The molecule has 0 atom stereocenters. The van der Waals surface area contributed by atoms with Gasteiger partial charge in [0.15, 0.2) is 0 Å². The van der Waals surface area contributed by atoms with E-state index < -0.39 is 0 Å². The van der Waals surface area contributed by atoms with Crippen molar-refractivity contribution >= 4 is 11.3 Å². The summed E-state index contributed by atoms with van der Waals surface area (Å²) in [5, 5.41) is 13.7. The van der Waals surface area contributed by atoms with Crippen LogP contribution in [0.2, 0.25) is 0 Å². The Balaban J connectivity index is 1.50. The van der Waals surface area contributed by atoms with Crippen molar-refractivity contribution in [1.82, 2.24) is 25.3 Å². The Morgan fingerprint density at radius 3 is 3.12 bits per heavy atom. The third kappa shape index (κ3) is 3.10. The van der Waals surface area contributed by atoms with Crippen molar-refractivity contribution < 1.29 is 0 Å². The van der Waals surface area contributed by atoms with Crippen LogP contribution in [0.15, 0.2) is 17.1 Å². The van der Waals surface area contributed by atoms with E-state index >= 15 is 0 Å². The fourth-order valence-corrected chi connectivity index (χ4v) is 2.25. The lowest BCUT2D eigenvalue weighted by Gasteiger charge is -1.98. The van der Waals surface area contributed by atoms with Gasteiger partial charge in [0.05, 0.1) is 29.6 Å².